The average molecular weight is 210 g/mol. The highest BCUT2D eigenvalue weighted by atomic mass is 32.1. The first kappa shape index (κ1) is 10.1. The normalized spacial score (nSPS) is 15.9. The lowest BCUT2D eigenvalue weighted by Gasteiger charge is -2.06. The zero-order chi connectivity index (χ0) is 9.97. The van der Waals surface area contributed by atoms with Gasteiger partial charge in [0.1, 0.15) is 5.01 Å². The number of aryl methyl sites for hydroxylation is 2. The van der Waals surface area contributed by atoms with Crippen molar-refractivity contribution in [3.63, 3.8) is 0 Å². The van der Waals surface area contributed by atoms with E-state index in [1.165, 1.54) is 41.3 Å². The molecule has 1 aromatic rings. The van der Waals surface area contributed by atoms with Crippen LogP contribution in [-0.2, 0) is 19.4 Å². The summed E-state index contributed by atoms with van der Waals surface area (Å²) in [7, 11) is 0. The molecule has 0 spiro atoms. The lowest BCUT2D eigenvalue weighted by molar-refractivity contribution is 0.585. The van der Waals surface area contributed by atoms with E-state index in [0.717, 1.165) is 6.54 Å². The summed E-state index contributed by atoms with van der Waals surface area (Å²) >= 11 is 1.90. The van der Waals surface area contributed by atoms with Gasteiger partial charge in [-0.15, -0.1) is 11.3 Å². The molecule has 2 nitrogen and oxygen atoms in total. The van der Waals surface area contributed by atoms with Gasteiger partial charge in [0.05, 0.1) is 5.69 Å². The molecule has 1 heterocycles. The molecule has 0 saturated heterocycles. The number of hydrogen-bond acceptors (Lipinski definition) is 3. The Bertz CT molecular complexity index is 281. The van der Waals surface area contributed by atoms with E-state index in [0.29, 0.717) is 6.04 Å². The van der Waals surface area contributed by atoms with Crippen molar-refractivity contribution in [2.45, 2.75) is 52.1 Å². The highest BCUT2D eigenvalue weighted by molar-refractivity contribution is 7.11. The highest BCUT2D eigenvalue weighted by Crippen LogP contribution is 2.26. The van der Waals surface area contributed by atoms with Crippen molar-refractivity contribution in [3.05, 3.63) is 15.6 Å². The molecule has 0 fully saturated rings. The molecule has 78 valence electrons. The smallest absolute Gasteiger partial charge is 0.107 e. The van der Waals surface area contributed by atoms with Gasteiger partial charge in [0, 0.05) is 17.5 Å². The molecular weight excluding hydrogens is 192 g/mol. The zero-order valence-electron chi connectivity index (χ0n) is 8.97. The number of thiazole rings is 1. The van der Waals surface area contributed by atoms with Gasteiger partial charge < -0.3 is 5.32 Å². The molecule has 0 bridgehead atoms. The lowest BCUT2D eigenvalue weighted by atomic mass is 10.0. The van der Waals surface area contributed by atoms with Gasteiger partial charge in [-0.3, -0.25) is 0 Å². The molecule has 0 amide bonds. The maximum absolute atomic E-state index is 4.68. The summed E-state index contributed by atoms with van der Waals surface area (Å²) in [6.45, 7) is 5.29. The number of nitrogens with one attached hydrogen (secondary N) is 1. The maximum Gasteiger partial charge on any atom is 0.107 e. The predicted octanol–water partition coefficient (Wildman–Crippen LogP) is 2.52. The minimum Gasteiger partial charge on any atom is -0.308 e. The largest absolute Gasteiger partial charge is 0.308 e. The average Bonchev–Trinajstić information content (AvgIpc) is 2.57. The molecule has 1 aromatic heterocycles. The fourth-order valence-corrected chi connectivity index (χ4v) is 2.88. The Kier molecular flexibility index (Phi) is 3.19. The fraction of sp³-hybridized carbons (Fsp3) is 0.727. The summed E-state index contributed by atoms with van der Waals surface area (Å²) in [4.78, 5) is 6.22. The van der Waals surface area contributed by atoms with Crippen molar-refractivity contribution in [1.82, 2.24) is 10.3 Å². The second kappa shape index (κ2) is 4.41. The van der Waals surface area contributed by atoms with Crippen molar-refractivity contribution in [2.24, 2.45) is 0 Å². The van der Waals surface area contributed by atoms with Gasteiger partial charge in [-0.25, -0.2) is 4.98 Å². The molecular formula is C11H18N2S. The number of fused-ring (bicyclic) bond motifs is 1. The first-order valence-electron chi connectivity index (χ1n) is 5.46. The molecule has 3 heteroatoms. The van der Waals surface area contributed by atoms with Crippen molar-refractivity contribution in [2.75, 3.05) is 0 Å². The third kappa shape index (κ3) is 2.34. The molecule has 1 aliphatic carbocycles. The van der Waals surface area contributed by atoms with Crippen LogP contribution in [0.2, 0.25) is 0 Å². The summed E-state index contributed by atoms with van der Waals surface area (Å²) in [5.74, 6) is 0. The van der Waals surface area contributed by atoms with E-state index >= 15 is 0 Å². The van der Waals surface area contributed by atoms with E-state index in [2.05, 4.69) is 24.1 Å². The summed E-state index contributed by atoms with van der Waals surface area (Å²) < 4.78 is 0. The van der Waals surface area contributed by atoms with Crippen LogP contribution in [0.1, 0.15) is 42.3 Å². The number of hydrogen-bond donors (Lipinski definition) is 1. The third-order valence-corrected chi connectivity index (χ3v) is 3.71. The number of aromatic nitrogens is 1. The van der Waals surface area contributed by atoms with Crippen LogP contribution >= 0.6 is 11.3 Å². The second-order valence-electron chi connectivity index (χ2n) is 4.22. The summed E-state index contributed by atoms with van der Waals surface area (Å²) in [6, 6.07) is 0.552. The van der Waals surface area contributed by atoms with Crippen molar-refractivity contribution in [1.29, 1.82) is 0 Å². The SMILES string of the molecule is CC(C)NCc1nc2c(s1)CCCC2. The fourth-order valence-electron chi connectivity index (χ4n) is 1.77. The van der Waals surface area contributed by atoms with Gasteiger partial charge in [-0.2, -0.15) is 0 Å². The van der Waals surface area contributed by atoms with Gasteiger partial charge in [-0.1, -0.05) is 13.8 Å². The van der Waals surface area contributed by atoms with Gasteiger partial charge in [-0.05, 0) is 25.7 Å². The zero-order valence-corrected chi connectivity index (χ0v) is 9.78. The molecule has 2 rings (SSSR count). The molecule has 0 saturated carbocycles. The number of rotatable bonds is 3. The van der Waals surface area contributed by atoms with Gasteiger partial charge >= 0.3 is 0 Å². The van der Waals surface area contributed by atoms with E-state index in [9.17, 15) is 0 Å². The van der Waals surface area contributed by atoms with Gasteiger partial charge in [0.2, 0.25) is 0 Å². The predicted molar refractivity (Wildman–Crippen MR) is 60.7 cm³/mol. The Morgan fingerprint density at radius 2 is 2.14 bits per heavy atom. The molecule has 0 unspecified atom stereocenters. The highest BCUT2D eigenvalue weighted by Gasteiger charge is 2.14. The Morgan fingerprint density at radius 1 is 1.36 bits per heavy atom. The Hall–Kier alpha value is -0.410. The van der Waals surface area contributed by atoms with Crippen LogP contribution in [0.25, 0.3) is 0 Å². The van der Waals surface area contributed by atoms with Crippen LogP contribution in [0.5, 0.6) is 0 Å². The van der Waals surface area contributed by atoms with Crippen molar-refractivity contribution in [3.8, 4) is 0 Å². The van der Waals surface area contributed by atoms with Crippen LogP contribution in [-0.4, -0.2) is 11.0 Å². The molecule has 0 aliphatic heterocycles. The van der Waals surface area contributed by atoms with Gasteiger partial charge in [0.25, 0.3) is 0 Å². The van der Waals surface area contributed by atoms with Crippen LogP contribution < -0.4 is 5.32 Å². The Morgan fingerprint density at radius 3 is 2.86 bits per heavy atom. The molecule has 0 radical (unpaired) electrons. The molecule has 14 heavy (non-hydrogen) atoms. The maximum atomic E-state index is 4.68. The summed E-state index contributed by atoms with van der Waals surface area (Å²) in [5.41, 5.74) is 1.38. The van der Waals surface area contributed by atoms with Crippen LogP contribution in [0.15, 0.2) is 0 Å². The van der Waals surface area contributed by atoms with E-state index in [4.69, 9.17) is 0 Å². The van der Waals surface area contributed by atoms with E-state index in [1.54, 1.807) is 0 Å². The third-order valence-electron chi connectivity index (χ3n) is 2.55. The van der Waals surface area contributed by atoms with Crippen LogP contribution in [0.3, 0.4) is 0 Å². The standard InChI is InChI=1S/C11H18N2S/c1-8(2)12-7-11-13-9-5-3-4-6-10(9)14-11/h8,12H,3-7H2,1-2H3. The topological polar surface area (TPSA) is 24.9 Å². The number of nitrogens with zero attached hydrogens (tertiary/aromatic N) is 1. The molecule has 1 N–H and O–H groups in total. The van der Waals surface area contributed by atoms with E-state index < -0.39 is 0 Å². The van der Waals surface area contributed by atoms with E-state index in [1.807, 2.05) is 11.3 Å². The van der Waals surface area contributed by atoms with Crippen LogP contribution in [0.4, 0.5) is 0 Å². The van der Waals surface area contributed by atoms with Crippen LogP contribution in [0, 0.1) is 0 Å². The minimum atomic E-state index is 0.552. The first-order valence-corrected chi connectivity index (χ1v) is 6.28. The first-order chi connectivity index (χ1) is 6.75. The molecule has 0 atom stereocenters. The second-order valence-corrected chi connectivity index (χ2v) is 5.39. The summed E-state index contributed by atoms with van der Waals surface area (Å²) in [6.07, 6.45) is 5.14. The molecule has 1 aliphatic rings. The van der Waals surface area contributed by atoms with E-state index in [-0.39, 0.29) is 0 Å². The Balaban J connectivity index is 2.01. The molecule has 0 aromatic carbocycles. The van der Waals surface area contributed by atoms with Crippen molar-refractivity contribution < 1.29 is 0 Å². The van der Waals surface area contributed by atoms with Gasteiger partial charge in [0.15, 0.2) is 0 Å². The Labute approximate surface area is 89.8 Å². The quantitative estimate of drug-likeness (QED) is 0.829. The van der Waals surface area contributed by atoms with Crippen molar-refractivity contribution >= 4 is 11.3 Å². The summed E-state index contributed by atoms with van der Waals surface area (Å²) in [5, 5.41) is 4.69. The lowest BCUT2D eigenvalue weighted by Crippen LogP contribution is -2.21. The monoisotopic (exact) mass is 210 g/mol. The minimum absolute atomic E-state index is 0.552.